The van der Waals surface area contributed by atoms with E-state index in [1.807, 2.05) is 0 Å². The fourth-order valence-electron chi connectivity index (χ4n) is 8.17. The van der Waals surface area contributed by atoms with E-state index < -0.39 is 29.0 Å². The van der Waals surface area contributed by atoms with Crippen molar-refractivity contribution in [1.82, 2.24) is 10.2 Å². The number of nitriles is 1. The second kappa shape index (κ2) is 8.58. The molecule has 1 heterocycles. The number of esters is 1. The van der Waals surface area contributed by atoms with Gasteiger partial charge in [-0.2, -0.15) is 5.26 Å². The molecule has 34 heavy (non-hydrogen) atoms. The van der Waals surface area contributed by atoms with Crippen molar-refractivity contribution < 1.29 is 19.1 Å². The van der Waals surface area contributed by atoms with Crippen LogP contribution in [-0.4, -0.2) is 66.4 Å². The molecule has 5 N–H and O–H groups in total. The van der Waals surface area contributed by atoms with E-state index in [0.717, 1.165) is 51.2 Å². The van der Waals surface area contributed by atoms with Gasteiger partial charge in [-0.15, -0.1) is 0 Å². The number of carbonyl (C=O) groups excluding carboxylic acids is 3. The van der Waals surface area contributed by atoms with Crippen molar-refractivity contribution in [2.75, 3.05) is 13.6 Å². The van der Waals surface area contributed by atoms with Crippen molar-refractivity contribution in [2.45, 2.75) is 87.6 Å². The first-order valence-corrected chi connectivity index (χ1v) is 12.8. The Hall–Kier alpha value is -2.02. The fraction of sp³-hybridized carbons (Fsp3) is 0.840. The Morgan fingerprint density at radius 3 is 2.53 bits per heavy atom. The number of nitrogens with one attached hydrogen (secondary N) is 1. The molecular weight excluding hydrogens is 434 g/mol. The van der Waals surface area contributed by atoms with Gasteiger partial charge in [0.1, 0.15) is 24.0 Å². The highest BCUT2D eigenvalue weighted by Crippen LogP contribution is 2.64. The number of fused-ring (bicyclic) bond motifs is 1. The van der Waals surface area contributed by atoms with E-state index in [9.17, 15) is 19.6 Å². The zero-order valence-electron chi connectivity index (χ0n) is 19.9. The lowest BCUT2D eigenvalue weighted by Crippen LogP contribution is -2.66. The Morgan fingerprint density at radius 2 is 1.94 bits per heavy atom. The van der Waals surface area contributed by atoms with Crippen LogP contribution in [0.15, 0.2) is 0 Å². The SMILES string of the molecule is CNC(CC(C=O)CN)C(=O)OC12CC3CC(C1)CC(C(N)C(=O)N1C(C#N)CC4CC41)(C3)C2. The van der Waals surface area contributed by atoms with Crippen molar-refractivity contribution in [3.05, 3.63) is 0 Å². The minimum absolute atomic E-state index is 0.0927. The van der Waals surface area contributed by atoms with Crippen molar-refractivity contribution in [3.63, 3.8) is 0 Å². The molecule has 0 aromatic heterocycles. The predicted octanol–water partition coefficient (Wildman–Crippen LogP) is 0.461. The number of ether oxygens (including phenoxy) is 1. The molecule has 1 aliphatic heterocycles. The van der Waals surface area contributed by atoms with Crippen LogP contribution in [0.3, 0.4) is 0 Å². The van der Waals surface area contributed by atoms with Gasteiger partial charge >= 0.3 is 5.97 Å². The molecular formula is C25H37N5O4. The van der Waals surface area contributed by atoms with Crippen LogP contribution in [0.4, 0.5) is 0 Å². The van der Waals surface area contributed by atoms with E-state index in [2.05, 4.69) is 11.4 Å². The summed E-state index contributed by atoms with van der Waals surface area (Å²) in [5.41, 5.74) is 11.4. The Morgan fingerprint density at radius 1 is 1.24 bits per heavy atom. The largest absolute Gasteiger partial charge is 0.458 e. The first-order chi connectivity index (χ1) is 16.3. The maximum Gasteiger partial charge on any atom is 0.323 e. The van der Waals surface area contributed by atoms with Crippen molar-refractivity contribution in [2.24, 2.45) is 40.6 Å². The molecule has 1 saturated heterocycles. The number of amides is 1. The summed E-state index contributed by atoms with van der Waals surface area (Å²) in [6.07, 6.45) is 7.88. The molecule has 0 spiro atoms. The van der Waals surface area contributed by atoms with Crippen LogP contribution in [0.1, 0.15) is 57.8 Å². The summed E-state index contributed by atoms with van der Waals surface area (Å²) in [5.74, 6) is 0.359. The van der Waals surface area contributed by atoms with Crippen molar-refractivity contribution in [3.8, 4) is 6.07 Å². The van der Waals surface area contributed by atoms with Gasteiger partial charge in [-0.25, -0.2) is 0 Å². The molecule has 4 bridgehead atoms. The second-order valence-electron chi connectivity index (χ2n) is 11.8. The van der Waals surface area contributed by atoms with E-state index in [1.54, 1.807) is 11.9 Å². The quantitative estimate of drug-likeness (QED) is 0.324. The fourth-order valence-corrected chi connectivity index (χ4v) is 8.17. The normalized spacial score (nSPS) is 41.8. The molecule has 0 radical (unpaired) electrons. The maximum atomic E-state index is 13.6. The average molecular weight is 472 g/mol. The molecule has 6 rings (SSSR count). The lowest BCUT2D eigenvalue weighted by molar-refractivity contribution is -0.207. The highest BCUT2D eigenvalue weighted by atomic mass is 16.6. The monoisotopic (exact) mass is 471 g/mol. The number of nitrogens with two attached hydrogens (primary N) is 2. The number of nitrogens with zero attached hydrogens (tertiary/aromatic N) is 2. The molecule has 0 aromatic rings. The van der Waals surface area contributed by atoms with Gasteiger partial charge in [0.15, 0.2) is 0 Å². The smallest absolute Gasteiger partial charge is 0.323 e. The third-order valence-electron chi connectivity index (χ3n) is 9.47. The number of aldehydes is 1. The first-order valence-electron chi connectivity index (χ1n) is 12.8. The molecule has 5 saturated carbocycles. The zero-order chi connectivity index (χ0) is 24.3. The average Bonchev–Trinajstić information content (AvgIpc) is 3.47. The standard InChI is InChI=1S/C25H37N5O4/c1-29-19(3-16(10-26)12-31)23(33)34-25-8-14-2-15(9-25)7-24(6-14,13-25)21(28)22(32)30-18(11-27)4-17-5-20(17)30/h12,14-21,29H,2-10,13,26,28H2,1H3. The molecule has 186 valence electrons. The van der Waals surface area contributed by atoms with Crippen molar-refractivity contribution in [1.29, 1.82) is 5.26 Å². The molecule has 8 unspecified atom stereocenters. The number of carbonyl (C=O) groups is 3. The van der Waals surface area contributed by atoms with Gasteiger partial charge in [-0.05, 0) is 88.0 Å². The van der Waals surface area contributed by atoms with Crippen LogP contribution >= 0.6 is 0 Å². The topological polar surface area (TPSA) is 152 Å². The second-order valence-corrected chi connectivity index (χ2v) is 11.8. The van der Waals surface area contributed by atoms with Crippen LogP contribution in [-0.2, 0) is 19.1 Å². The molecule has 0 aromatic carbocycles. The summed E-state index contributed by atoms with van der Waals surface area (Å²) >= 11 is 0. The molecule has 1 amide bonds. The number of rotatable bonds is 9. The number of hydrogen-bond acceptors (Lipinski definition) is 8. The van der Waals surface area contributed by atoms with E-state index in [0.29, 0.717) is 30.6 Å². The van der Waals surface area contributed by atoms with Gasteiger partial charge in [-0.1, -0.05) is 0 Å². The Balaban J connectivity index is 1.34. The predicted molar refractivity (Wildman–Crippen MR) is 123 cm³/mol. The van der Waals surface area contributed by atoms with Gasteiger partial charge in [0.2, 0.25) is 5.91 Å². The summed E-state index contributed by atoms with van der Waals surface area (Å²) < 4.78 is 6.25. The number of piperidine rings is 1. The summed E-state index contributed by atoms with van der Waals surface area (Å²) in [6, 6.07) is 0.825. The summed E-state index contributed by atoms with van der Waals surface area (Å²) in [5, 5.41) is 12.6. The van der Waals surface area contributed by atoms with Crippen LogP contribution in [0.25, 0.3) is 0 Å². The minimum Gasteiger partial charge on any atom is -0.458 e. The molecule has 6 aliphatic rings. The van der Waals surface area contributed by atoms with Crippen LogP contribution in [0.5, 0.6) is 0 Å². The third-order valence-corrected chi connectivity index (χ3v) is 9.47. The van der Waals surface area contributed by atoms with E-state index in [4.69, 9.17) is 16.2 Å². The van der Waals surface area contributed by atoms with Gasteiger partial charge in [0.05, 0.1) is 12.1 Å². The first kappa shape index (κ1) is 23.7. The van der Waals surface area contributed by atoms with Crippen molar-refractivity contribution >= 4 is 18.2 Å². The van der Waals surface area contributed by atoms with E-state index in [1.165, 1.54) is 0 Å². The highest BCUT2D eigenvalue weighted by molar-refractivity contribution is 5.84. The van der Waals surface area contributed by atoms with Gasteiger partial charge < -0.3 is 31.2 Å². The lowest BCUT2D eigenvalue weighted by Gasteiger charge is -2.62. The zero-order valence-corrected chi connectivity index (χ0v) is 19.9. The number of likely N-dealkylation sites (N-methyl/N-ethyl adjacent to an activating group) is 1. The van der Waals surface area contributed by atoms with Crippen LogP contribution in [0.2, 0.25) is 0 Å². The van der Waals surface area contributed by atoms with Gasteiger partial charge in [-0.3, -0.25) is 9.59 Å². The Labute approximate surface area is 200 Å². The molecule has 5 aliphatic carbocycles. The number of likely N-dealkylation sites (tertiary alicyclic amines) is 1. The summed E-state index contributed by atoms with van der Waals surface area (Å²) in [7, 11) is 1.69. The minimum atomic E-state index is -0.677. The van der Waals surface area contributed by atoms with E-state index in [-0.39, 0.29) is 30.5 Å². The van der Waals surface area contributed by atoms with E-state index >= 15 is 0 Å². The molecule has 9 nitrogen and oxygen atoms in total. The molecule has 9 heteroatoms. The maximum absolute atomic E-state index is 13.6. The number of hydrogen-bond donors (Lipinski definition) is 3. The summed E-state index contributed by atoms with van der Waals surface area (Å²) in [6.45, 7) is 0.187. The summed E-state index contributed by atoms with van der Waals surface area (Å²) in [4.78, 5) is 39.8. The van der Waals surface area contributed by atoms with Gasteiger partial charge in [0.25, 0.3) is 0 Å². The molecule has 8 atom stereocenters. The lowest BCUT2D eigenvalue weighted by atomic mass is 9.46. The Kier molecular flexibility index (Phi) is 5.98. The Bertz CT molecular complexity index is 888. The highest BCUT2D eigenvalue weighted by Gasteiger charge is 2.64. The molecule has 6 fully saturated rings. The van der Waals surface area contributed by atoms with Gasteiger partial charge in [0, 0.05) is 18.5 Å². The van der Waals surface area contributed by atoms with Crippen LogP contribution < -0.4 is 16.8 Å². The third kappa shape index (κ3) is 3.84. The van der Waals surface area contributed by atoms with Crippen LogP contribution in [0, 0.1) is 40.4 Å².